The number of aliphatic hydroxyl groups is 1. The number of likely N-dealkylation sites (tertiary alicyclic amines) is 1. The summed E-state index contributed by atoms with van der Waals surface area (Å²) in [7, 11) is 0. The molecule has 2 N–H and O–H groups in total. The summed E-state index contributed by atoms with van der Waals surface area (Å²) in [5.41, 5.74) is 1.89. The van der Waals surface area contributed by atoms with E-state index in [4.69, 9.17) is 9.47 Å². The fourth-order valence-electron chi connectivity index (χ4n) is 7.90. The van der Waals surface area contributed by atoms with Gasteiger partial charge in [0.15, 0.2) is 0 Å². The molecule has 0 aliphatic carbocycles. The highest BCUT2D eigenvalue weighted by Gasteiger charge is 2.77. The third-order valence-corrected chi connectivity index (χ3v) is 10.8. The average molecular weight is 737 g/mol. The molecule has 3 amide bonds. The van der Waals surface area contributed by atoms with Crippen molar-refractivity contribution in [1.82, 2.24) is 10.2 Å². The number of allylic oxidation sites excluding steroid dienone is 1. The fraction of sp³-hybridized carbons (Fsp3) is 0.474. The van der Waals surface area contributed by atoms with Gasteiger partial charge >= 0.3 is 5.97 Å². The number of carbonyl (C=O) groups excluding carboxylic acids is 4. The van der Waals surface area contributed by atoms with E-state index in [2.05, 4.69) is 34.4 Å². The number of halogens is 1. The van der Waals surface area contributed by atoms with Crippen LogP contribution in [0.25, 0.3) is 0 Å². The number of nitrogens with zero attached hydrogens (tertiary/aromatic N) is 2. The molecule has 0 saturated carbocycles. The first-order chi connectivity index (χ1) is 23.5. The second-order valence-corrected chi connectivity index (χ2v) is 14.4. The summed E-state index contributed by atoms with van der Waals surface area (Å²) in [6.07, 6.45) is 3.07. The first kappa shape index (κ1) is 36.5. The molecule has 1 spiro atoms. The van der Waals surface area contributed by atoms with Gasteiger partial charge in [-0.3, -0.25) is 19.2 Å². The summed E-state index contributed by atoms with van der Waals surface area (Å²) >= 11 is 3.73. The Hall–Kier alpha value is -3.80. The van der Waals surface area contributed by atoms with Crippen LogP contribution in [0.2, 0.25) is 0 Å². The van der Waals surface area contributed by atoms with Crippen molar-refractivity contribution in [2.45, 2.75) is 81.2 Å². The third kappa shape index (κ3) is 6.85. The van der Waals surface area contributed by atoms with E-state index in [1.54, 1.807) is 24.0 Å². The number of fused-ring (bicyclic) bond motifs is 1. The van der Waals surface area contributed by atoms with Crippen LogP contribution in [0.15, 0.2) is 73.8 Å². The van der Waals surface area contributed by atoms with Gasteiger partial charge in [-0.2, -0.15) is 0 Å². The predicted octanol–water partition coefficient (Wildman–Crippen LogP) is 4.71. The van der Waals surface area contributed by atoms with E-state index in [-0.39, 0.29) is 55.1 Å². The SMILES string of the molecule is C=CCCC(=O)N[C@@H](C)[C@H](OC(=O)[C@H]1[C@@H]2O[C@@]3(CC2Br)[C@@H]1C(=O)N(CCCO)[C@@H]3C(=O)N(CC=C)c1c(C)cccc1C)c1ccccc1. The Labute approximate surface area is 296 Å². The maximum atomic E-state index is 14.9. The van der Waals surface area contributed by atoms with E-state index in [1.807, 2.05) is 62.4 Å². The van der Waals surface area contributed by atoms with E-state index < -0.39 is 47.7 Å². The molecule has 0 aromatic heterocycles. The largest absolute Gasteiger partial charge is 0.455 e. The number of benzene rings is 2. The van der Waals surface area contributed by atoms with Crippen molar-refractivity contribution >= 4 is 45.3 Å². The Morgan fingerprint density at radius 2 is 1.84 bits per heavy atom. The second kappa shape index (κ2) is 15.4. The Balaban J connectivity index is 1.51. The van der Waals surface area contributed by atoms with E-state index in [0.717, 1.165) is 16.8 Å². The second-order valence-electron chi connectivity index (χ2n) is 13.2. The molecule has 0 radical (unpaired) electrons. The van der Waals surface area contributed by atoms with Gasteiger partial charge in [-0.05, 0) is 56.7 Å². The van der Waals surface area contributed by atoms with Crippen LogP contribution in [0.3, 0.4) is 0 Å². The number of nitrogens with one attached hydrogen (secondary N) is 1. The molecule has 3 aliphatic rings. The van der Waals surface area contributed by atoms with Crippen molar-refractivity contribution in [1.29, 1.82) is 0 Å². The highest BCUT2D eigenvalue weighted by atomic mass is 79.9. The van der Waals surface area contributed by atoms with E-state index >= 15 is 0 Å². The lowest BCUT2D eigenvalue weighted by atomic mass is 9.70. The zero-order valence-corrected chi connectivity index (χ0v) is 29.9. The molecular formula is C38H46BrN3O7. The molecule has 49 heavy (non-hydrogen) atoms. The van der Waals surface area contributed by atoms with Crippen LogP contribution < -0.4 is 10.2 Å². The lowest BCUT2D eigenvalue weighted by molar-refractivity contribution is -0.162. The van der Waals surface area contributed by atoms with Crippen molar-refractivity contribution < 1.29 is 33.8 Å². The Bertz CT molecular complexity index is 1560. The maximum absolute atomic E-state index is 14.9. The highest BCUT2D eigenvalue weighted by molar-refractivity contribution is 9.09. The topological polar surface area (TPSA) is 125 Å². The maximum Gasteiger partial charge on any atom is 0.313 e. The van der Waals surface area contributed by atoms with Gasteiger partial charge in [0.05, 0.1) is 24.0 Å². The Morgan fingerprint density at radius 3 is 2.47 bits per heavy atom. The summed E-state index contributed by atoms with van der Waals surface area (Å²) < 4.78 is 12.9. The molecule has 3 saturated heterocycles. The van der Waals surface area contributed by atoms with E-state index in [1.165, 1.54) is 4.90 Å². The van der Waals surface area contributed by atoms with Crippen LogP contribution in [-0.2, 0) is 28.7 Å². The zero-order chi connectivity index (χ0) is 35.5. The first-order valence-electron chi connectivity index (χ1n) is 16.9. The van der Waals surface area contributed by atoms with E-state index in [9.17, 15) is 24.3 Å². The number of anilines is 1. The van der Waals surface area contributed by atoms with Gasteiger partial charge in [0.25, 0.3) is 5.91 Å². The number of rotatable bonds is 15. The number of aliphatic hydroxyl groups excluding tert-OH is 1. The molecule has 10 nitrogen and oxygen atoms in total. The number of carbonyl (C=O) groups is 4. The molecule has 2 bridgehead atoms. The molecule has 8 atom stereocenters. The van der Waals surface area contributed by atoms with Crippen molar-refractivity contribution in [3.05, 3.63) is 90.5 Å². The summed E-state index contributed by atoms with van der Waals surface area (Å²) in [6, 6.07) is 13.3. The standard InChI is InChI=1S/C38H46BrN3O7/c1-6-8-18-28(44)40-25(5)32(26-16-10-9-11-17-26)48-37(47)29-30-35(45)42(20-13-21-43)34(38(30)22-27(39)33(29)49-38)36(46)41(19-7-2)31-23(3)14-12-15-24(31)4/h6-7,9-12,14-17,25,27,29-30,32-34,43H,1-2,8,13,18-22H2,3-5H3,(H,40,44)/t25-,27?,29+,30-,32-,33+,34+,38-/m0/s1. The molecule has 262 valence electrons. The lowest BCUT2D eigenvalue weighted by Gasteiger charge is -2.38. The van der Waals surface area contributed by atoms with Gasteiger partial charge in [0.1, 0.15) is 17.7 Å². The highest BCUT2D eigenvalue weighted by Crippen LogP contribution is 2.60. The first-order valence-corrected chi connectivity index (χ1v) is 17.8. The molecule has 2 aromatic rings. The summed E-state index contributed by atoms with van der Waals surface area (Å²) in [5.74, 6) is -3.54. The molecular weight excluding hydrogens is 690 g/mol. The summed E-state index contributed by atoms with van der Waals surface area (Å²) in [4.78, 5) is 59.2. The molecule has 3 fully saturated rings. The molecule has 3 aliphatic heterocycles. The number of hydrogen-bond donors (Lipinski definition) is 2. The lowest BCUT2D eigenvalue weighted by Crippen LogP contribution is -2.57. The van der Waals surface area contributed by atoms with Crippen molar-refractivity contribution in [3.8, 4) is 0 Å². The van der Waals surface area contributed by atoms with Gasteiger partial charge in [0, 0.05) is 36.6 Å². The average Bonchev–Trinajstić information content (AvgIpc) is 3.67. The number of amides is 3. The monoisotopic (exact) mass is 735 g/mol. The van der Waals surface area contributed by atoms with Crippen molar-refractivity contribution in [2.24, 2.45) is 11.8 Å². The minimum Gasteiger partial charge on any atom is -0.455 e. The number of para-hydroxylation sites is 1. The minimum absolute atomic E-state index is 0.113. The normalized spacial score (nSPS) is 26.5. The number of aryl methyl sites for hydroxylation is 2. The summed E-state index contributed by atoms with van der Waals surface area (Å²) in [5, 5.41) is 12.7. The van der Waals surface area contributed by atoms with Gasteiger partial charge in [-0.15, -0.1) is 13.2 Å². The smallest absolute Gasteiger partial charge is 0.313 e. The Morgan fingerprint density at radius 1 is 1.14 bits per heavy atom. The van der Waals surface area contributed by atoms with Crippen molar-refractivity contribution in [2.75, 3.05) is 24.6 Å². The fourth-order valence-corrected chi connectivity index (χ4v) is 8.84. The van der Waals surface area contributed by atoms with Crippen LogP contribution in [0.5, 0.6) is 0 Å². The van der Waals surface area contributed by atoms with Gasteiger partial charge in [-0.25, -0.2) is 0 Å². The van der Waals surface area contributed by atoms with Crippen LogP contribution in [-0.4, -0.2) is 82.0 Å². The van der Waals surface area contributed by atoms with Crippen LogP contribution >= 0.6 is 15.9 Å². The third-order valence-electron chi connectivity index (χ3n) is 9.93. The van der Waals surface area contributed by atoms with Crippen molar-refractivity contribution in [3.63, 3.8) is 0 Å². The molecule has 1 unspecified atom stereocenters. The minimum atomic E-state index is -1.31. The van der Waals surface area contributed by atoms with Crippen LogP contribution in [0, 0.1) is 25.7 Å². The molecule has 11 heteroatoms. The number of esters is 1. The zero-order valence-electron chi connectivity index (χ0n) is 28.3. The number of alkyl halides is 1. The van der Waals surface area contributed by atoms with Gasteiger partial charge in [-0.1, -0.05) is 76.6 Å². The number of hydrogen-bond acceptors (Lipinski definition) is 7. The van der Waals surface area contributed by atoms with Gasteiger partial charge < -0.3 is 29.7 Å². The number of ether oxygens (including phenoxy) is 2. The van der Waals surface area contributed by atoms with Crippen LogP contribution in [0.4, 0.5) is 5.69 Å². The quantitative estimate of drug-likeness (QED) is 0.154. The van der Waals surface area contributed by atoms with E-state index in [0.29, 0.717) is 18.4 Å². The predicted molar refractivity (Wildman–Crippen MR) is 190 cm³/mol. The summed E-state index contributed by atoms with van der Waals surface area (Å²) in [6.45, 7) is 13.3. The van der Waals surface area contributed by atoms with Crippen LogP contribution in [0.1, 0.15) is 55.4 Å². The Kier molecular flexibility index (Phi) is 11.5. The molecule has 5 rings (SSSR count). The molecule has 2 aromatic carbocycles. The van der Waals surface area contributed by atoms with Gasteiger partial charge in [0.2, 0.25) is 11.8 Å². The molecule has 3 heterocycles.